The number of primary amides is 1. The largest absolute Gasteiger partial charge is 0.493 e. The molecular formula is C16H16N6O2S. The molecule has 0 aliphatic rings. The van der Waals surface area contributed by atoms with Crippen molar-refractivity contribution in [2.24, 2.45) is 5.73 Å². The van der Waals surface area contributed by atoms with E-state index < -0.39 is 5.91 Å². The van der Waals surface area contributed by atoms with Gasteiger partial charge < -0.3 is 15.5 Å². The molecule has 4 heterocycles. The van der Waals surface area contributed by atoms with Crippen LogP contribution in [0.3, 0.4) is 0 Å². The number of carbonyl (C=O) groups is 1. The number of nitrogens with zero attached hydrogens (tertiary/aromatic N) is 4. The van der Waals surface area contributed by atoms with Gasteiger partial charge in [-0.15, -0.1) is 0 Å². The van der Waals surface area contributed by atoms with Crippen molar-refractivity contribution in [1.82, 2.24) is 24.6 Å². The van der Waals surface area contributed by atoms with Gasteiger partial charge in [-0.3, -0.25) is 4.79 Å². The van der Waals surface area contributed by atoms with Gasteiger partial charge >= 0.3 is 0 Å². The minimum Gasteiger partial charge on any atom is -0.493 e. The van der Waals surface area contributed by atoms with Crippen molar-refractivity contribution in [2.75, 3.05) is 7.11 Å². The summed E-state index contributed by atoms with van der Waals surface area (Å²) in [4.78, 5) is 24.2. The van der Waals surface area contributed by atoms with E-state index in [0.29, 0.717) is 16.4 Å². The van der Waals surface area contributed by atoms with Gasteiger partial charge in [0.25, 0.3) is 5.91 Å². The highest BCUT2D eigenvalue weighted by atomic mass is 32.1. The average molecular weight is 356 g/mol. The van der Waals surface area contributed by atoms with Gasteiger partial charge in [0.05, 0.1) is 12.8 Å². The lowest BCUT2D eigenvalue weighted by Gasteiger charge is -2.10. The summed E-state index contributed by atoms with van der Waals surface area (Å²) in [5.74, 6) is 0.314. The number of hydrogen-bond acceptors (Lipinski definition) is 6. The lowest BCUT2D eigenvalue weighted by atomic mass is 9.99. The van der Waals surface area contributed by atoms with Crippen LogP contribution in [0.4, 0.5) is 0 Å². The summed E-state index contributed by atoms with van der Waals surface area (Å²) in [7, 11) is 1.60. The lowest BCUT2D eigenvalue weighted by molar-refractivity contribution is 0.1000. The molecule has 0 unspecified atom stereocenters. The molecule has 0 atom stereocenters. The molecule has 128 valence electrons. The smallest absolute Gasteiger partial charge is 0.277 e. The van der Waals surface area contributed by atoms with Crippen molar-refractivity contribution in [3.05, 3.63) is 29.2 Å². The van der Waals surface area contributed by atoms with Crippen LogP contribution in [0, 0.1) is 0 Å². The maximum absolute atomic E-state index is 11.4. The molecule has 0 saturated carbocycles. The predicted octanol–water partition coefficient (Wildman–Crippen LogP) is 2.57. The van der Waals surface area contributed by atoms with Crippen LogP contribution >= 0.6 is 11.3 Å². The van der Waals surface area contributed by atoms with E-state index in [2.05, 4.69) is 33.9 Å². The summed E-state index contributed by atoms with van der Waals surface area (Å²) in [5.41, 5.74) is 9.65. The molecule has 0 aliphatic carbocycles. The molecule has 9 heteroatoms. The van der Waals surface area contributed by atoms with E-state index >= 15 is 0 Å². The number of nitrogens with two attached hydrogens (primary N) is 1. The van der Waals surface area contributed by atoms with Gasteiger partial charge in [-0.1, -0.05) is 25.2 Å². The maximum Gasteiger partial charge on any atom is 0.277 e. The van der Waals surface area contributed by atoms with E-state index in [0.717, 1.165) is 27.2 Å². The normalized spacial score (nSPS) is 11.7. The Morgan fingerprint density at radius 2 is 2.24 bits per heavy atom. The molecular weight excluding hydrogens is 340 g/mol. The van der Waals surface area contributed by atoms with Crippen LogP contribution in [-0.2, 0) is 0 Å². The highest BCUT2D eigenvalue weighted by molar-refractivity contribution is 7.20. The zero-order chi connectivity index (χ0) is 17.7. The van der Waals surface area contributed by atoms with Gasteiger partial charge in [0, 0.05) is 17.3 Å². The molecule has 0 bridgehead atoms. The van der Waals surface area contributed by atoms with Crippen molar-refractivity contribution >= 4 is 33.2 Å². The Labute approximate surface area is 146 Å². The Balaban J connectivity index is 1.98. The monoisotopic (exact) mass is 356 g/mol. The highest BCUT2D eigenvalue weighted by Crippen LogP contribution is 2.38. The fraction of sp³-hybridized carbons (Fsp3) is 0.250. The summed E-state index contributed by atoms with van der Waals surface area (Å²) in [5, 5.41) is 4.51. The molecule has 0 fully saturated rings. The third kappa shape index (κ3) is 2.35. The van der Waals surface area contributed by atoms with Gasteiger partial charge in [0.2, 0.25) is 0 Å². The van der Waals surface area contributed by atoms with Gasteiger partial charge in [-0.2, -0.15) is 5.10 Å². The van der Waals surface area contributed by atoms with Crippen LogP contribution in [0.25, 0.3) is 27.3 Å². The quantitative estimate of drug-likeness (QED) is 0.584. The van der Waals surface area contributed by atoms with Gasteiger partial charge in [-0.25, -0.2) is 14.5 Å². The average Bonchev–Trinajstić information content (AvgIpc) is 3.26. The molecule has 0 saturated heterocycles. The number of amides is 1. The Hall–Kier alpha value is -2.94. The molecule has 0 aliphatic heterocycles. The molecule has 4 aromatic rings. The first-order chi connectivity index (χ1) is 12.0. The summed E-state index contributed by atoms with van der Waals surface area (Å²) in [6.07, 6.45) is 3.38. The second-order valence-corrected chi connectivity index (χ2v) is 6.95. The summed E-state index contributed by atoms with van der Waals surface area (Å²) in [6, 6.07) is 1.92. The number of nitrogens with one attached hydrogen (secondary N) is 1. The third-order valence-electron chi connectivity index (χ3n) is 4.03. The second-order valence-electron chi connectivity index (χ2n) is 5.95. The minimum absolute atomic E-state index is 0.198. The number of fused-ring (bicyclic) bond motifs is 2. The first-order valence-electron chi connectivity index (χ1n) is 7.69. The van der Waals surface area contributed by atoms with Crippen molar-refractivity contribution in [3.8, 4) is 17.0 Å². The highest BCUT2D eigenvalue weighted by Gasteiger charge is 2.22. The first kappa shape index (κ1) is 15.6. The summed E-state index contributed by atoms with van der Waals surface area (Å²) in [6.45, 7) is 4.17. The van der Waals surface area contributed by atoms with Crippen molar-refractivity contribution in [1.29, 1.82) is 0 Å². The van der Waals surface area contributed by atoms with Crippen LogP contribution < -0.4 is 10.5 Å². The Morgan fingerprint density at radius 3 is 2.92 bits per heavy atom. The van der Waals surface area contributed by atoms with Crippen molar-refractivity contribution in [2.45, 2.75) is 19.8 Å². The number of aromatic amines is 1. The van der Waals surface area contributed by atoms with Crippen molar-refractivity contribution in [3.63, 3.8) is 0 Å². The van der Waals surface area contributed by atoms with Gasteiger partial charge in [-0.05, 0) is 12.0 Å². The molecule has 0 aromatic carbocycles. The van der Waals surface area contributed by atoms with Crippen molar-refractivity contribution < 1.29 is 9.53 Å². The van der Waals surface area contributed by atoms with Crippen LogP contribution in [0.1, 0.15) is 35.1 Å². The SMILES string of the molecule is COc1cc(-c2[nH]c3sc(C(N)=O)nc3c2C(C)C)cn2ncnc12. The zero-order valence-electron chi connectivity index (χ0n) is 13.9. The number of aromatic nitrogens is 5. The standard InChI is InChI=1S/C16H16N6O2S/c1-7(2)10-11(20-15-12(10)21-16(25-15)13(17)23)8-4-9(24-3)14-18-6-19-22(14)5-8/h4-7,20H,1-3H3,(H2,17,23). The summed E-state index contributed by atoms with van der Waals surface area (Å²) >= 11 is 1.26. The minimum atomic E-state index is -0.517. The van der Waals surface area contributed by atoms with Crippen LogP contribution in [0.5, 0.6) is 5.75 Å². The Kier molecular flexibility index (Phi) is 3.46. The molecule has 4 rings (SSSR count). The molecule has 8 nitrogen and oxygen atoms in total. The van der Waals surface area contributed by atoms with Gasteiger partial charge in [0.15, 0.2) is 16.4 Å². The van der Waals surface area contributed by atoms with E-state index in [1.54, 1.807) is 11.6 Å². The molecule has 0 spiro atoms. The number of pyridine rings is 1. The van der Waals surface area contributed by atoms with E-state index in [4.69, 9.17) is 10.5 Å². The molecule has 1 amide bonds. The van der Waals surface area contributed by atoms with E-state index in [1.807, 2.05) is 12.3 Å². The third-order valence-corrected chi connectivity index (χ3v) is 5.01. The van der Waals surface area contributed by atoms with Crippen LogP contribution in [0.15, 0.2) is 18.6 Å². The fourth-order valence-electron chi connectivity index (χ4n) is 2.96. The number of methoxy groups -OCH3 is 1. The second kappa shape index (κ2) is 5.55. The van der Waals surface area contributed by atoms with E-state index in [-0.39, 0.29) is 5.92 Å². The lowest BCUT2D eigenvalue weighted by Crippen LogP contribution is -2.10. The topological polar surface area (TPSA) is 111 Å². The number of carbonyl (C=O) groups excluding carboxylic acids is 1. The Morgan fingerprint density at radius 1 is 1.44 bits per heavy atom. The first-order valence-corrected chi connectivity index (χ1v) is 8.51. The molecule has 3 N–H and O–H groups in total. The zero-order valence-corrected chi connectivity index (χ0v) is 14.7. The number of H-pyrrole nitrogens is 1. The molecule has 25 heavy (non-hydrogen) atoms. The van der Waals surface area contributed by atoms with Crippen LogP contribution in [0.2, 0.25) is 0 Å². The molecule has 4 aromatic heterocycles. The van der Waals surface area contributed by atoms with Crippen LogP contribution in [-0.4, -0.2) is 37.6 Å². The summed E-state index contributed by atoms with van der Waals surface area (Å²) < 4.78 is 7.12. The van der Waals surface area contributed by atoms with E-state index in [1.165, 1.54) is 17.7 Å². The number of hydrogen-bond donors (Lipinski definition) is 2. The number of thiazole rings is 1. The predicted molar refractivity (Wildman–Crippen MR) is 95.1 cm³/mol. The fourth-order valence-corrected chi connectivity index (χ4v) is 3.80. The Bertz CT molecular complexity index is 1110. The maximum atomic E-state index is 11.4. The van der Waals surface area contributed by atoms with Gasteiger partial charge in [0.1, 0.15) is 16.7 Å². The van der Waals surface area contributed by atoms with E-state index in [9.17, 15) is 4.79 Å². The molecule has 0 radical (unpaired) electrons. The number of rotatable bonds is 4. The number of ether oxygens (including phenoxy) is 1.